The number of amides is 1. The topological polar surface area (TPSA) is 97.0 Å². The number of ether oxygens (including phenoxy) is 2. The van der Waals surface area contributed by atoms with Gasteiger partial charge >= 0.3 is 0 Å². The highest BCUT2D eigenvalue weighted by Gasteiger charge is 2.31. The maximum atomic E-state index is 12.4. The fourth-order valence-corrected chi connectivity index (χ4v) is 5.05. The summed E-state index contributed by atoms with van der Waals surface area (Å²) in [6, 6.07) is 5.23. The van der Waals surface area contributed by atoms with E-state index in [1.54, 1.807) is 18.2 Å². The maximum absolute atomic E-state index is 12.4. The first kappa shape index (κ1) is 23.1. The summed E-state index contributed by atoms with van der Waals surface area (Å²) >= 11 is 0. The molecule has 1 amide bonds. The molecule has 0 radical (unpaired) electrons. The summed E-state index contributed by atoms with van der Waals surface area (Å²) < 4.78 is 38.4. The Morgan fingerprint density at radius 2 is 1.93 bits per heavy atom. The molecule has 0 spiro atoms. The van der Waals surface area contributed by atoms with Crippen molar-refractivity contribution in [3.8, 4) is 0 Å². The van der Waals surface area contributed by atoms with Gasteiger partial charge in [-0.2, -0.15) is 0 Å². The molecule has 2 aliphatic rings. The zero-order chi connectivity index (χ0) is 21.6. The Morgan fingerprint density at radius 1 is 1.17 bits per heavy atom. The van der Waals surface area contributed by atoms with Crippen LogP contribution in [0.15, 0.2) is 23.1 Å². The molecule has 30 heavy (non-hydrogen) atoms. The van der Waals surface area contributed by atoms with Crippen molar-refractivity contribution in [3.63, 3.8) is 0 Å². The van der Waals surface area contributed by atoms with E-state index in [4.69, 9.17) is 9.47 Å². The molecule has 0 aliphatic carbocycles. The van der Waals surface area contributed by atoms with Crippen molar-refractivity contribution >= 4 is 15.9 Å². The molecule has 8 nitrogen and oxygen atoms in total. The number of hydrogen-bond acceptors (Lipinski definition) is 6. The number of nitrogens with zero attached hydrogens (tertiary/aromatic N) is 1. The maximum Gasteiger partial charge on any atom is 0.240 e. The number of nitrogens with one attached hydrogen (secondary N) is 2. The molecular formula is C21H33N3O5S. The van der Waals surface area contributed by atoms with Gasteiger partial charge in [0.25, 0.3) is 0 Å². The number of carbonyl (C=O) groups excluding carboxylic acids is 1. The quantitative estimate of drug-likeness (QED) is 0.592. The van der Waals surface area contributed by atoms with Gasteiger partial charge in [-0.3, -0.25) is 9.69 Å². The van der Waals surface area contributed by atoms with E-state index in [0.717, 1.165) is 37.2 Å². The summed E-state index contributed by atoms with van der Waals surface area (Å²) in [6.45, 7) is 9.02. The van der Waals surface area contributed by atoms with E-state index in [-0.39, 0.29) is 29.8 Å². The lowest BCUT2D eigenvalue weighted by Gasteiger charge is -2.37. The highest BCUT2D eigenvalue weighted by atomic mass is 32.2. The van der Waals surface area contributed by atoms with Gasteiger partial charge in [-0.05, 0) is 43.5 Å². The SMILES string of the molecule is Cc1ccc(S(=O)(=O)NCCC(=O)NCC(C2CCOC2)N2CCOCC2)cc1C. The lowest BCUT2D eigenvalue weighted by molar-refractivity contribution is -0.121. The first-order chi connectivity index (χ1) is 14.4. The highest BCUT2D eigenvalue weighted by Crippen LogP contribution is 2.22. The molecule has 168 valence electrons. The van der Waals surface area contributed by atoms with Crippen LogP contribution in [0.4, 0.5) is 0 Å². The van der Waals surface area contributed by atoms with E-state index < -0.39 is 10.0 Å². The first-order valence-electron chi connectivity index (χ1n) is 10.6. The number of carbonyl (C=O) groups is 1. The monoisotopic (exact) mass is 439 g/mol. The van der Waals surface area contributed by atoms with Crippen molar-refractivity contribution in [2.45, 2.75) is 37.6 Å². The predicted molar refractivity (Wildman–Crippen MR) is 114 cm³/mol. The number of hydrogen-bond donors (Lipinski definition) is 2. The number of aryl methyl sites for hydroxylation is 2. The van der Waals surface area contributed by atoms with Crippen LogP contribution in [-0.4, -0.2) is 77.9 Å². The minimum Gasteiger partial charge on any atom is -0.381 e. The largest absolute Gasteiger partial charge is 0.381 e. The third-order valence-corrected chi connectivity index (χ3v) is 7.42. The second-order valence-corrected chi connectivity index (χ2v) is 9.80. The lowest BCUT2D eigenvalue weighted by Crippen LogP contribution is -2.52. The third-order valence-electron chi connectivity index (χ3n) is 5.96. The van der Waals surface area contributed by atoms with E-state index in [1.165, 1.54) is 0 Å². The van der Waals surface area contributed by atoms with Gasteiger partial charge in [0, 0.05) is 51.2 Å². The Bertz CT molecular complexity index is 818. The summed E-state index contributed by atoms with van der Waals surface area (Å²) in [6.07, 6.45) is 1.09. The van der Waals surface area contributed by atoms with Crippen LogP contribution in [0, 0.1) is 19.8 Å². The molecule has 2 heterocycles. The van der Waals surface area contributed by atoms with Gasteiger partial charge < -0.3 is 14.8 Å². The summed E-state index contributed by atoms with van der Waals surface area (Å²) in [4.78, 5) is 14.9. The van der Waals surface area contributed by atoms with Gasteiger partial charge in [-0.25, -0.2) is 13.1 Å². The average molecular weight is 440 g/mol. The minimum atomic E-state index is -3.63. The zero-order valence-corrected chi connectivity index (χ0v) is 18.7. The van der Waals surface area contributed by atoms with E-state index in [2.05, 4.69) is 14.9 Å². The van der Waals surface area contributed by atoms with Gasteiger partial charge in [0.2, 0.25) is 15.9 Å². The van der Waals surface area contributed by atoms with Crippen LogP contribution in [0.1, 0.15) is 24.0 Å². The molecule has 0 saturated carbocycles. The molecule has 9 heteroatoms. The average Bonchev–Trinajstić information content (AvgIpc) is 3.25. The molecule has 2 N–H and O–H groups in total. The van der Waals surface area contributed by atoms with Gasteiger partial charge in [0.15, 0.2) is 0 Å². The van der Waals surface area contributed by atoms with Crippen LogP contribution < -0.4 is 10.0 Å². The molecular weight excluding hydrogens is 406 g/mol. The molecule has 2 atom stereocenters. The van der Waals surface area contributed by atoms with Gasteiger partial charge in [0.05, 0.1) is 24.7 Å². The minimum absolute atomic E-state index is 0.0653. The Hall–Kier alpha value is -1.52. The fraction of sp³-hybridized carbons (Fsp3) is 0.667. The van der Waals surface area contributed by atoms with Crippen LogP contribution in [0.2, 0.25) is 0 Å². The standard InChI is InChI=1S/C21H33N3O5S/c1-16-3-4-19(13-17(16)2)30(26,27)23-7-5-21(25)22-14-20(18-6-10-29-15-18)24-8-11-28-12-9-24/h3-4,13,18,20,23H,5-12,14-15H2,1-2H3,(H,22,25). The second kappa shape index (κ2) is 10.7. The summed E-state index contributed by atoms with van der Waals surface area (Å²) in [5.41, 5.74) is 1.96. The van der Waals surface area contributed by atoms with E-state index in [0.29, 0.717) is 32.3 Å². The van der Waals surface area contributed by atoms with Crippen molar-refractivity contribution in [3.05, 3.63) is 29.3 Å². The van der Waals surface area contributed by atoms with Crippen molar-refractivity contribution in [1.29, 1.82) is 0 Å². The highest BCUT2D eigenvalue weighted by molar-refractivity contribution is 7.89. The Kier molecular flexibility index (Phi) is 8.24. The van der Waals surface area contributed by atoms with Crippen molar-refractivity contribution in [1.82, 2.24) is 14.9 Å². The van der Waals surface area contributed by atoms with Crippen LogP contribution in [0.25, 0.3) is 0 Å². The molecule has 1 aromatic rings. The normalized spacial score (nSPS) is 21.5. The van der Waals surface area contributed by atoms with Crippen molar-refractivity contribution in [2.24, 2.45) is 5.92 Å². The number of rotatable bonds is 9. The van der Waals surface area contributed by atoms with Crippen molar-refractivity contribution in [2.75, 3.05) is 52.6 Å². The van der Waals surface area contributed by atoms with Gasteiger partial charge in [-0.1, -0.05) is 6.07 Å². The summed E-state index contributed by atoms with van der Waals surface area (Å²) in [5, 5.41) is 2.99. The summed E-state index contributed by atoms with van der Waals surface area (Å²) in [7, 11) is -3.63. The van der Waals surface area contributed by atoms with Crippen LogP contribution in [0.5, 0.6) is 0 Å². The first-order valence-corrected chi connectivity index (χ1v) is 12.1. The molecule has 1 aromatic carbocycles. The summed E-state index contributed by atoms with van der Waals surface area (Å²) in [5.74, 6) is 0.238. The van der Waals surface area contributed by atoms with Crippen molar-refractivity contribution < 1.29 is 22.7 Å². The van der Waals surface area contributed by atoms with E-state index in [1.807, 2.05) is 13.8 Å². The van der Waals surface area contributed by atoms with E-state index >= 15 is 0 Å². The smallest absolute Gasteiger partial charge is 0.240 e. The number of sulfonamides is 1. The molecule has 0 bridgehead atoms. The van der Waals surface area contributed by atoms with Crippen LogP contribution in [-0.2, 0) is 24.3 Å². The number of benzene rings is 1. The molecule has 2 aliphatic heterocycles. The zero-order valence-electron chi connectivity index (χ0n) is 17.9. The second-order valence-electron chi connectivity index (χ2n) is 8.04. The van der Waals surface area contributed by atoms with Crippen LogP contribution >= 0.6 is 0 Å². The Balaban J connectivity index is 1.47. The predicted octanol–water partition coefficient (Wildman–Crippen LogP) is 0.825. The molecule has 2 fully saturated rings. The van der Waals surface area contributed by atoms with Gasteiger partial charge in [0.1, 0.15) is 0 Å². The Labute approximate surface area is 179 Å². The Morgan fingerprint density at radius 3 is 2.60 bits per heavy atom. The molecule has 2 saturated heterocycles. The third kappa shape index (κ3) is 6.24. The fourth-order valence-electron chi connectivity index (χ4n) is 3.93. The molecule has 2 unspecified atom stereocenters. The molecule has 3 rings (SSSR count). The number of morpholine rings is 1. The lowest BCUT2D eigenvalue weighted by atomic mass is 9.97. The van der Waals surface area contributed by atoms with Gasteiger partial charge in [-0.15, -0.1) is 0 Å². The van der Waals surface area contributed by atoms with E-state index in [9.17, 15) is 13.2 Å². The van der Waals surface area contributed by atoms with Crippen LogP contribution in [0.3, 0.4) is 0 Å². The molecule has 0 aromatic heterocycles.